The first-order valence-corrected chi connectivity index (χ1v) is 21.4. The van der Waals surface area contributed by atoms with Gasteiger partial charge in [-0.25, -0.2) is 0 Å². The van der Waals surface area contributed by atoms with Crippen LogP contribution in [0.4, 0.5) is 0 Å². The molecule has 8 fully saturated rings. The van der Waals surface area contributed by atoms with Crippen LogP contribution in [0.25, 0.3) is 0 Å². The van der Waals surface area contributed by atoms with Crippen molar-refractivity contribution in [3.05, 3.63) is 35.4 Å². The zero-order valence-electron chi connectivity index (χ0n) is 32.8. The molecule has 0 radical (unpaired) electrons. The maximum Gasteiger partial charge on any atom is 0.309 e. The Morgan fingerprint density at radius 1 is 0.902 bits per heavy atom. The van der Waals surface area contributed by atoms with Crippen LogP contribution < -0.4 is 0 Å². The molecular formula is C46H68O5. The monoisotopic (exact) mass is 701 g/mol. The van der Waals surface area contributed by atoms with Gasteiger partial charge in [-0.2, -0.15) is 0 Å². The summed E-state index contributed by atoms with van der Waals surface area (Å²) in [5.41, 5.74) is 3.21. The lowest BCUT2D eigenvalue weighted by Gasteiger charge is -2.85. The van der Waals surface area contributed by atoms with Crippen LogP contribution in [0, 0.1) is 67.5 Å². The van der Waals surface area contributed by atoms with E-state index in [0.717, 1.165) is 58.0 Å². The zero-order valence-corrected chi connectivity index (χ0v) is 32.8. The van der Waals surface area contributed by atoms with E-state index < -0.39 is 17.2 Å². The Morgan fingerprint density at radius 3 is 2.37 bits per heavy atom. The third-order valence-electron chi connectivity index (χ3n) is 19.9. The van der Waals surface area contributed by atoms with Gasteiger partial charge in [-0.05, 0) is 165 Å². The smallest absolute Gasteiger partial charge is 0.309 e. The van der Waals surface area contributed by atoms with Gasteiger partial charge in [0, 0.05) is 24.9 Å². The molecule has 9 rings (SSSR count). The van der Waals surface area contributed by atoms with Crippen LogP contribution >= 0.6 is 0 Å². The molecule has 51 heavy (non-hydrogen) atoms. The Hall–Kier alpha value is -1.43. The molecule has 1 saturated heterocycles. The molecule has 1 heterocycles. The minimum Gasteiger partial charge on any atom is -0.481 e. The number of benzene rings is 1. The normalized spacial score (nSPS) is 53.5. The van der Waals surface area contributed by atoms with E-state index in [0.29, 0.717) is 23.7 Å². The maximum absolute atomic E-state index is 12.9. The number of carboxylic acids is 1. The van der Waals surface area contributed by atoms with Crippen LogP contribution in [-0.4, -0.2) is 41.8 Å². The number of ether oxygens (including phenoxy) is 2. The largest absolute Gasteiger partial charge is 0.481 e. The number of carbonyl (C=O) groups is 1. The first-order valence-electron chi connectivity index (χ1n) is 21.4. The molecule has 282 valence electrons. The van der Waals surface area contributed by atoms with Crippen molar-refractivity contribution in [3.63, 3.8) is 0 Å². The molecule has 5 nitrogen and oxygen atoms in total. The van der Waals surface area contributed by atoms with Gasteiger partial charge in [-0.15, -0.1) is 0 Å². The fraction of sp³-hybridized carbons (Fsp3) is 0.848. The number of aliphatic carboxylic acids is 1. The quantitative estimate of drug-likeness (QED) is 0.282. The molecule has 7 aliphatic carbocycles. The summed E-state index contributed by atoms with van der Waals surface area (Å²) in [7, 11) is 1.77. The minimum atomic E-state index is -1.02. The van der Waals surface area contributed by atoms with Crippen molar-refractivity contribution in [1.82, 2.24) is 0 Å². The van der Waals surface area contributed by atoms with Crippen molar-refractivity contribution in [2.75, 3.05) is 13.7 Å². The molecule has 14 atom stereocenters. The third-order valence-corrected chi connectivity index (χ3v) is 19.9. The first kappa shape index (κ1) is 35.3. The van der Waals surface area contributed by atoms with Crippen molar-refractivity contribution < 1.29 is 24.5 Å². The fourth-order valence-corrected chi connectivity index (χ4v) is 17.8. The standard InChI is InChI=1S/C46H68O5/c1-7-9-34-45-24-23-44-18-8-17-43(35-29-40(3,38(47)48)20-19-39(35,2)21-22-41(43,44)4)28-33-15-14-32(37(45)42(33,44)5)27-46(34,49)51-36(45)26-31-12-10-30(11-13-31)16-25-50-6/h10-13,32-37,49H,7-9,14-29H2,1-6H3,(H,47,48)/t32-,33?,34-,35+,36-,37-,39-,40+,41-,42-,43+,44+,45+,46-/m0/s1. The van der Waals surface area contributed by atoms with E-state index in [1.165, 1.54) is 75.3 Å². The highest BCUT2D eigenvalue weighted by molar-refractivity contribution is 5.74. The van der Waals surface area contributed by atoms with Gasteiger partial charge in [0.25, 0.3) is 0 Å². The number of carboxylic acid groups (broad SMARTS) is 1. The predicted octanol–water partition coefficient (Wildman–Crippen LogP) is 10.0. The summed E-state index contributed by atoms with van der Waals surface area (Å²) in [6, 6.07) is 9.21. The summed E-state index contributed by atoms with van der Waals surface area (Å²) < 4.78 is 12.6. The number of aliphatic hydroxyl groups is 1. The number of hydrogen-bond donors (Lipinski definition) is 2. The molecule has 2 N–H and O–H groups in total. The van der Waals surface area contributed by atoms with Crippen molar-refractivity contribution in [3.8, 4) is 0 Å². The van der Waals surface area contributed by atoms with E-state index in [9.17, 15) is 15.0 Å². The van der Waals surface area contributed by atoms with Crippen LogP contribution in [0.3, 0.4) is 0 Å². The highest BCUT2D eigenvalue weighted by atomic mass is 16.6. The van der Waals surface area contributed by atoms with Gasteiger partial charge >= 0.3 is 5.97 Å². The lowest BCUT2D eigenvalue weighted by molar-refractivity contribution is -0.369. The molecule has 1 aliphatic heterocycles. The lowest BCUT2D eigenvalue weighted by atomic mass is 9.19. The SMILES string of the molecule is CCC[C@H]1[C@]23CC[C@@]45CCC[C@@]6(CC7CC[C@@H](C[C@]1(O)O[C@H]2Cc1ccc(CCOC)cc1)[C@H]3[C@]74C)[C@@H]1C[C@](C)(C(=O)O)CC[C@@]1(C)CC[C@@]65C. The number of rotatable bonds is 8. The van der Waals surface area contributed by atoms with E-state index in [1.54, 1.807) is 7.11 Å². The highest BCUT2D eigenvalue weighted by Crippen LogP contribution is 2.90. The van der Waals surface area contributed by atoms with Gasteiger partial charge in [0.1, 0.15) is 0 Å². The van der Waals surface area contributed by atoms with Gasteiger partial charge in [0.05, 0.1) is 18.1 Å². The van der Waals surface area contributed by atoms with Crippen molar-refractivity contribution >= 4 is 5.97 Å². The molecule has 0 amide bonds. The average Bonchev–Trinajstić information content (AvgIpc) is 3.23. The summed E-state index contributed by atoms with van der Waals surface area (Å²) in [6.45, 7) is 13.3. The number of methoxy groups -OCH3 is 1. The second-order valence-corrected chi connectivity index (χ2v) is 21.1. The van der Waals surface area contributed by atoms with E-state index in [2.05, 4.69) is 58.9 Å². The molecule has 8 aliphatic rings. The Bertz CT molecular complexity index is 1560. The average molecular weight is 701 g/mol. The summed E-state index contributed by atoms with van der Waals surface area (Å²) in [5.74, 6) is 0.862. The predicted molar refractivity (Wildman–Crippen MR) is 200 cm³/mol. The molecule has 1 unspecified atom stereocenters. The van der Waals surface area contributed by atoms with Crippen LogP contribution in [0.15, 0.2) is 24.3 Å². The summed E-state index contributed by atoms with van der Waals surface area (Å²) in [6.07, 6.45) is 20.3. The minimum absolute atomic E-state index is 0.00915. The van der Waals surface area contributed by atoms with Gasteiger partial charge in [0.15, 0.2) is 5.79 Å². The lowest BCUT2D eigenvalue weighted by Crippen LogP contribution is -2.79. The zero-order chi connectivity index (χ0) is 35.9. The molecule has 2 spiro atoms. The Morgan fingerprint density at radius 2 is 1.65 bits per heavy atom. The van der Waals surface area contributed by atoms with E-state index in [4.69, 9.17) is 9.47 Å². The summed E-state index contributed by atoms with van der Waals surface area (Å²) >= 11 is 0. The molecule has 4 bridgehead atoms. The van der Waals surface area contributed by atoms with Gasteiger partial charge < -0.3 is 19.7 Å². The first-order chi connectivity index (χ1) is 24.2. The van der Waals surface area contributed by atoms with Gasteiger partial charge in [-0.1, -0.05) is 64.8 Å². The Labute approximate surface area is 308 Å². The van der Waals surface area contributed by atoms with E-state index in [-0.39, 0.29) is 44.5 Å². The van der Waals surface area contributed by atoms with Crippen LogP contribution in [-0.2, 0) is 27.1 Å². The topological polar surface area (TPSA) is 76.0 Å². The van der Waals surface area contributed by atoms with E-state index >= 15 is 0 Å². The maximum atomic E-state index is 12.9. The molecular weight excluding hydrogens is 633 g/mol. The van der Waals surface area contributed by atoms with Crippen molar-refractivity contribution in [2.45, 2.75) is 162 Å². The number of hydrogen-bond acceptors (Lipinski definition) is 4. The van der Waals surface area contributed by atoms with E-state index in [1.807, 2.05) is 0 Å². The molecule has 1 aromatic rings. The van der Waals surface area contributed by atoms with Crippen LogP contribution in [0.2, 0.25) is 0 Å². The summed E-state index contributed by atoms with van der Waals surface area (Å²) in [4.78, 5) is 12.9. The van der Waals surface area contributed by atoms with Crippen molar-refractivity contribution in [1.29, 1.82) is 0 Å². The second-order valence-electron chi connectivity index (χ2n) is 21.1. The Balaban J connectivity index is 1.16. The van der Waals surface area contributed by atoms with Gasteiger partial charge in [-0.3, -0.25) is 4.79 Å². The molecule has 0 aromatic heterocycles. The summed E-state index contributed by atoms with van der Waals surface area (Å²) in [5, 5.41) is 23.3. The van der Waals surface area contributed by atoms with Crippen LogP contribution in [0.5, 0.6) is 0 Å². The Kier molecular flexibility index (Phi) is 7.83. The molecule has 5 heteroatoms. The third kappa shape index (κ3) is 4.19. The van der Waals surface area contributed by atoms with Gasteiger partial charge in [0.2, 0.25) is 0 Å². The molecule has 1 aromatic carbocycles. The molecule has 7 saturated carbocycles. The van der Waals surface area contributed by atoms with Crippen molar-refractivity contribution in [2.24, 2.45) is 67.5 Å². The second kappa shape index (κ2) is 11.3. The number of fused-ring (bicyclic) bond motifs is 2. The van der Waals surface area contributed by atoms with Crippen LogP contribution in [0.1, 0.15) is 148 Å². The fourth-order valence-electron chi connectivity index (χ4n) is 17.8. The highest BCUT2D eigenvalue weighted by Gasteiger charge is 2.85.